The van der Waals surface area contributed by atoms with Crippen LogP contribution in [0.4, 0.5) is 5.69 Å². The summed E-state index contributed by atoms with van der Waals surface area (Å²) < 4.78 is 9.58. The molecular formula is C34H28ClN5O. The van der Waals surface area contributed by atoms with Crippen molar-refractivity contribution in [1.82, 2.24) is 9.78 Å². The van der Waals surface area contributed by atoms with Crippen LogP contribution in [0.15, 0.2) is 151 Å². The molecule has 0 bridgehead atoms. The lowest BCUT2D eigenvalue weighted by Gasteiger charge is -2.10. The van der Waals surface area contributed by atoms with Gasteiger partial charge in [0.2, 0.25) is 0 Å². The number of hydrogen-bond donors (Lipinski definition) is 1. The van der Waals surface area contributed by atoms with E-state index in [4.69, 9.17) is 14.9 Å². The maximum absolute atomic E-state index is 5.47. The molecule has 0 aliphatic heterocycles. The van der Waals surface area contributed by atoms with Crippen LogP contribution in [0.5, 0.6) is 5.75 Å². The van der Waals surface area contributed by atoms with Crippen LogP contribution in [0, 0.1) is 0 Å². The Bertz CT molecular complexity index is 1720. The highest BCUT2D eigenvalue weighted by atomic mass is 35.5. The SMILES string of the molecule is COc1ccc(-[n+]2c(-c3ccccc3)nn(-c3ccccc3)c2/C(=N/Nc2ccccc2)c2ccccc2)cc1.[Cl-]. The van der Waals surface area contributed by atoms with Crippen LogP contribution in [0.2, 0.25) is 0 Å². The molecule has 0 aliphatic rings. The standard InChI is InChI=1S/C34H27N5O.ClH/c1-40-31-24-22-29(23-25-31)38-33(27-16-8-3-9-17-27)37-39(30-20-12-5-13-21-30)34(38)32(26-14-6-2-7-15-26)36-35-28-18-10-4-11-19-28;/h2-25H,1H3;1H. The summed E-state index contributed by atoms with van der Waals surface area (Å²) in [6, 6.07) is 48.5. The summed E-state index contributed by atoms with van der Waals surface area (Å²) in [4.78, 5) is 0. The topological polar surface area (TPSA) is 55.3 Å². The number of hydrazone groups is 1. The minimum absolute atomic E-state index is 0. The van der Waals surface area contributed by atoms with E-state index in [0.29, 0.717) is 0 Å². The number of benzene rings is 5. The number of nitrogens with zero attached hydrogens (tertiary/aromatic N) is 4. The molecule has 0 amide bonds. The second-order valence-electron chi connectivity index (χ2n) is 9.10. The van der Waals surface area contributed by atoms with E-state index in [1.807, 2.05) is 114 Å². The lowest BCUT2D eigenvalue weighted by atomic mass is 10.1. The maximum Gasteiger partial charge on any atom is 0.314 e. The highest BCUT2D eigenvalue weighted by Crippen LogP contribution is 2.23. The number of rotatable bonds is 8. The Morgan fingerprint density at radius 2 is 1.27 bits per heavy atom. The number of halogens is 1. The van der Waals surface area contributed by atoms with E-state index in [1.165, 1.54) is 0 Å². The van der Waals surface area contributed by atoms with Gasteiger partial charge in [-0.25, -0.2) is 0 Å². The molecule has 0 saturated carbocycles. The van der Waals surface area contributed by atoms with Gasteiger partial charge in [-0.3, -0.25) is 5.43 Å². The lowest BCUT2D eigenvalue weighted by molar-refractivity contribution is -0.586. The summed E-state index contributed by atoms with van der Waals surface area (Å²) in [6.45, 7) is 0. The summed E-state index contributed by atoms with van der Waals surface area (Å²) in [6.07, 6.45) is 0. The molecule has 0 saturated heterocycles. The zero-order valence-electron chi connectivity index (χ0n) is 22.4. The molecule has 0 fully saturated rings. The smallest absolute Gasteiger partial charge is 0.314 e. The van der Waals surface area contributed by atoms with Gasteiger partial charge >= 0.3 is 5.82 Å². The van der Waals surface area contributed by atoms with Gasteiger partial charge in [0, 0.05) is 5.56 Å². The number of anilines is 1. The fourth-order valence-electron chi connectivity index (χ4n) is 4.56. The third-order valence-electron chi connectivity index (χ3n) is 6.51. The molecule has 41 heavy (non-hydrogen) atoms. The van der Waals surface area contributed by atoms with Crippen LogP contribution in [-0.4, -0.2) is 22.6 Å². The van der Waals surface area contributed by atoms with Crippen LogP contribution in [0.3, 0.4) is 0 Å². The van der Waals surface area contributed by atoms with Gasteiger partial charge < -0.3 is 17.1 Å². The molecule has 7 heteroatoms. The number of aromatic nitrogens is 3. The van der Waals surface area contributed by atoms with Gasteiger partial charge in [-0.15, -0.1) is 0 Å². The zero-order valence-corrected chi connectivity index (χ0v) is 23.2. The number of hydrogen-bond acceptors (Lipinski definition) is 4. The third-order valence-corrected chi connectivity index (χ3v) is 6.51. The molecule has 0 aliphatic carbocycles. The Kier molecular flexibility index (Phi) is 8.52. The fourth-order valence-corrected chi connectivity index (χ4v) is 4.56. The molecule has 5 aromatic carbocycles. The molecule has 0 radical (unpaired) electrons. The average Bonchev–Trinajstić information content (AvgIpc) is 3.43. The Balaban J connectivity index is 0.00000337. The van der Waals surface area contributed by atoms with Gasteiger partial charge in [0.15, 0.2) is 5.71 Å². The lowest BCUT2D eigenvalue weighted by Crippen LogP contribution is -3.00. The first-order valence-corrected chi connectivity index (χ1v) is 13.1. The third kappa shape index (κ3) is 5.88. The summed E-state index contributed by atoms with van der Waals surface area (Å²) in [7, 11) is 1.67. The van der Waals surface area contributed by atoms with Gasteiger partial charge in [0.05, 0.1) is 23.5 Å². The Morgan fingerprint density at radius 3 is 1.88 bits per heavy atom. The molecule has 0 spiro atoms. The zero-order chi connectivity index (χ0) is 27.1. The van der Waals surface area contributed by atoms with Crippen LogP contribution >= 0.6 is 0 Å². The second-order valence-corrected chi connectivity index (χ2v) is 9.10. The van der Waals surface area contributed by atoms with Crippen LogP contribution in [0.1, 0.15) is 11.4 Å². The number of methoxy groups -OCH3 is 1. The molecule has 0 unspecified atom stereocenters. The monoisotopic (exact) mass is 557 g/mol. The summed E-state index contributed by atoms with van der Waals surface area (Å²) in [5, 5.41) is 10.2. The first kappa shape index (κ1) is 27.4. The Morgan fingerprint density at radius 1 is 0.707 bits per heavy atom. The van der Waals surface area contributed by atoms with Crippen molar-refractivity contribution in [2.45, 2.75) is 0 Å². The predicted octanol–water partition coefficient (Wildman–Crippen LogP) is 3.69. The van der Waals surface area contributed by atoms with E-state index in [2.05, 4.69) is 46.4 Å². The molecule has 0 atom stereocenters. The molecule has 1 aromatic heterocycles. The Labute approximate surface area is 245 Å². The normalized spacial score (nSPS) is 11.0. The van der Waals surface area contributed by atoms with Gasteiger partial charge in [-0.1, -0.05) is 89.6 Å². The molecule has 6 aromatic rings. The summed E-state index contributed by atoms with van der Waals surface area (Å²) >= 11 is 0. The van der Waals surface area contributed by atoms with E-state index in [1.54, 1.807) is 7.11 Å². The van der Waals surface area contributed by atoms with E-state index in [0.717, 1.165) is 51.3 Å². The van der Waals surface area contributed by atoms with Gasteiger partial charge in [-0.2, -0.15) is 9.67 Å². The van der Waals surface area contributed by atoms with Gasteiger partial charge in [0.1, 0.15) is 17.1 Å². The highest BCUT2D eigenvalue weighted by molar-refractivity contribution is 6.10. The summed E-state index contributed by atoms with van der Waals surface area (Å²) in [5.74, 6) is 2.36. The molecule has 1 N–H and O–H groups in total. The summed E-state index contributed by atoms with van der Waals surface area (Å²) in [5.41, 5.74) is 8.69. The van der Waals surface area contributed by atoms with Gasteiger partial charge in [-0.05, 0) is 60.7 Å². The Hall–Kier alpha value is -5.20. The largest absolute Gasteiger partial charge is 1.00 e. The quantitative estimate of drug-likeness (QED) is 0.176. The van der Waals surface area contributed by atoms with Crippen LogP contribution < -0.4 is 27.1 Å². The second kappa shape index (κ2) is 12.8. The number of ether oxygens (including phenoxy) is 1. The van der Waals surface area contributed by atoms with Crippen molar-refractivity contribution in [3.8, 4) is 28.5 Å². The molecule has 6 rings (SSSR count). The van der Waals surface area contributed by atoms with E-state index in [-0.39, 0.29) is 12.4 Å². The first-order valence-electron chi connectivity index (χ1n) is 13.1. The van der Waals surface area contributed by atoms with Crippen molar-refractivity contribution in [3.63, 3.8) is 0 Å². The first-order chi connectivity index (χ1) is 19.8. The minimum atomic E-state index is 0. The van der Waals surface area contributed by atoms with E-state index >= 15 is 0 Å². The number of nitrogens with one attached hydrogen (secondary N) is 1. The van der Waals surface area contributed by atoms with Gasteiger partial charge in [0.25, 0.3) is 5.82 Å². The van der Waals surface area contributed by atoms with E-state index < -0.39 is 0 Å². The van der Waals surface area contributed by atoms with Crippen molar-refractivity contribution in [2.24, 2.45) is 5.10 Å². The predicted molar refractivity (Wildman–Crippen MR) is 159 cm³/mol. The molecule has 202 valence electrons. The fraction of sp³-hybridized carbons (Fsp3) is 0.0294. The van der Waals surface area contributed by atoms with Crippen LogP contribution in [0.25, 0.3) is 22.8 Å². The van der Waals surface area contributed by atoms with Crippen molar-refractivity contribution in [3.05, 3.63) is 157 Å². The van der Waals surface area contributed by atoms with Crippen LogP contribution in [-0.2, 0) is 0 Å². The average molecular weight is 558 g/mol. The van der Waals surface area contributed by atoms with Crippen molar-refractivity contribution >= 4 is 11.4 Å². The maximum atomic E-state index is 5.47. The highest BCUT2D eigenvalue weighted by Gasteiger charge is 2.34. The van der Waals surface area contributed by atoms with Crippen molar-refractivity contribution in [2.75, 3.05) is 12.5 Å². The van der Waals surface area contributed by atoms with E-state index in [9.17, 15) is 0 Å². The molecular weight excluding hydrogens is 530 g/mol. The molecule has 1 heterocycles. The minimum Gasteiger partial charge on any atom is -1.00 e. The number of para-hydroxylation sites is 2. The van der Waals surface area contributed by atoms with Crippen molar-refractivity contribution < 1.29 is 21.7 Å². The van der Waals surface area contributed by atoms with Crippen molar-refractivity contribution in [1.29, 1.82) is 0 Å². The molecule has 6 nitrogen and oxygen atoms in total.